The first-order chi connectivity index (χ1) is 10.7. The minimum Gasteiger partial charge on any atom is -0.338 e. The molecule has 0 spiro atoms. The lowest BCUT2D eigenvalue weighted by Gasteiger charge is -2.44. The Labute approximate surface area is 133 Å². The Bertz CT molecular complexity index is 471. The maximum atomic E-state index is 12.6. The number of piperidine rings is 1. The molecular weight excluding hydrogens is 276 g/mol. The molecular formula is C17H28N4O. The van der Waals surface area contributed by atoms with Crippen molar-refractivity contribution in [2.45, 2.75) is 64.1 Å². The van der Waals surface area contributed by atoms with Gasteiger partial charge in [-0.3, -0.25) is 9.48 Å². The van der Waals surface area contributed by atoms with Gasteiger partial charge >= 0.3 is 0 Å². The summed E-state index contributed by atoms with van der Waals surface area (Å²) in [6.07, 6.45) is 11.4. The van der Waals surface area contributed by atoms with E-state index in [0.29, 0.717) is 12.6 Å². The van der Waals surface area contributed by atoms with Crippen molar-refractivity contribution in [3.05, 3.63) is 18.5 Å². The maximum Gasteiger partial charge on any atom is 0.236 e. The van der Waals surface area contributed by atoms with Gasteiger partial charge in [-0.15, -0.1) is 0 Å². The number of nitrogens with zero attached hydrogens (tertiary/aromatic N) is 3. The normalized spacial score (nSPS) is 26.5. The van der Waals surface area contributed by atoms with Crippen molar-refractivity contribution in [2.75, 3.05) is 13.1 Å². The van der Waals surface area contributed by atoms with Crippen molar-refractivity contribution >= 4 is 5.91 Å². The summed E-state index contributed by atoms with van der Waals surface area (Å²) >= 11 is 0. The van der Waals surface area contributed by atoms with Crippen LogP contribution < -0.4 is 5.32 Å². The van der Waals surface area contributed by atoms with Crippen molar-refractivity contribution < 1.29 is 4.79 Å². The van der Waals surface area contributed by atoms with Gasteiger partial charge in [-0.1, -0.05) is 12.8 Å². The molecule has 1 saturated heterocycles. The third kappa shape index (κ3) is 3.69. The highest BCUT2D eigenvalue weighted by atomic mass is 16.2. The molecule has 22 heavy (non-hydrogen) atoms. The molecule has 0 bridgehead atoms. The fourth-order valence-corrected chi connectivity index (χ4v) is 4.05. The number of aromatic nitrogens is 2. The van der Waals surface area contributed by atoms with Crippen molar-refractivity contribution in [1.29, 1.82) is 0 Å². The van der Waals surface area contributed by atoms with Crippen molar-refractivity contribution in [3.63, 3.8) is 0 Å². The fourth-order valence-electron chi connectivity index (χ4n) is 4.05. The number of amides is 1. The van der Waals surface area contributed by atoms with E-state index in [4.69, 9.17) is 0 Å². The van der Waals surface area contributed by atoms with E-state index in [-0.39, 0.29) is 11.9 Å². The van der Waals surface area contributed by atoms with Crippen LogP contribution >= 0.6 is 0 Å². The van der Waals surface area contributed by atoms with Gasteiger partial charge in [0.15, 0.2) is 0 Å². The molecule has 1 aromatic heterocycles. The smallest absolute Gasteiger partial charge is 0.236 e. The predicted molar refractivity (Wildman–Crippen MR) is 86.4 cm³/mol. The first-order valence-electron chi connectivity index (χ1n) is 8.74. The molecule has 1 aliphatic carbocycles. The zero-order valence-electron chi connectivity index (χ0n) is 13.6. The summed E-state index contributed by atoms with van der Waals surface area (Å²) in [5.41, 5.74) is 0. The summed E-state index contributed by atoms with van der Waals surface area (Å²) in [7, 11) is 0. The number of likely N-dealkylation sites (tertiary alicyclic amines) is 1. The van der Waals surface area contributed by atoms with Crippen LogP contribution in [-0.2, 0) is 11.3 Å². The molecule has 3 atom stereocenters. The number of rotatable bonds is 5. The number of hydrogen-bond donors (Lipinski definition) is 1. The molecule has 1 saturated carbocycles. The molecule has 2 aliphatic rings. The molecule has 122 valence electrons. The minimum atomic E-state index is 0.246. The van der Waals surface area contributed by atoms with Gasteiger partial charge in [-0.05, 0) is 44.6 Å². The molecule has 1 aliphatic heterocycles. The van der Waals surface area contributed by atoms with Crippen LogP contribution in [0.1, 0.15) is 45.4 Å². The van der Waals surface area contributed by atoms with Crippen LogP contribution in [0.15, 0.2) is 18.5 Å². The average Bonchev–Trinajstić information content (AvgIpc) is 3.05. The van der Waals surface area contributed by atoms with E-state index in [9.17, 15) is 4.79 Å². The fraction of sp³-hybridized carbons (Fsp3) is 0.765. The third-order valence-electron chi connectivity index (χ3n) is 5.19. The van der Waals surface area contributed by atoms with Gasteiger partial charge in [0.2, 0.25) is 5.91 Å². The molecule has 3 rings (SSSR count). The van der Waals surface area contributed by atoms with Gasteiger partial charge < -0.3 is 10.2 Å². The number of nitrogens with one attached hydrogen (secondary N) is 1. The van der Waals surface area contributed by atoms with Crippen LogP contribution in [0.5, 0.6) is 0 Å². The van der Waals surface area contributed by atoms with Crippen LogP contribution in [0.4, 0.5) is 0 Å². The SMILES string of the molecule is CC(Cn1cccn1)NCC(=O)N1CCCC2CCCCC21. The lowest BCUT2D eigenvalue weighted by atomic mass is 9.78. The van der Waals surface area contributed by atoms with Gasteiger partial charge in [-0.25, -0.2) is 0 Å². The lowest BCUT2D eigenvalue weighted by molar-refractivity contribution is -0.136. The van der Waals surface area contributed by atoms with Crippen LogP contribution in [0.2, 0.25) is 0 Å². The summed E-state index contributed by atoms with van der Waals surface area (Å²) in [6, 6.07) is 2.68. The predicted octanol–water partition coefficient (Wildman–Crippen LogP) is 2.04. The van der Waals surface area contributed by atoms with Gasteiger partial charge in [0.05, 0.1) is 13.1 Å². The highest BCUT2D eigenvalue weighted by molar-refractivity contribution is 5.78. The quantitative estimate of drug-likeness (QED) is 0.905. The molecule has 0 radical (unpaired) electrons. The zero-order valence-corrected chi connectivity index (χ0v) is 13.6. The summed E-state index contributed by atoms with van der Waals surface area (Å²) in [6.45, 7) is 4.31. The molecule has 1 aromatic rings. The highest BCUT2D eigenvalue weighted by Crippen LogP contribution is 2.35. The van der Waals surface area contributed by atoms with Gasteiger partial charge in [0.1, 0.15) is 0 Å². The molecule has 2 fully saturated rings. The summed E-state index contributed by atoms with van der Waals surface area (Å²) in [5.74, 6) is 1.04. The molecule has 2 heterocycles. The number of fused-ring (bicyclic) bond motifs is 1. The number of carbonyl (C=O) groups is 1. The van der Waals surface area contributed by atoms with Crippen molar-refractivity contribution in [2.24, 2.45) is 5.92 Å². The van der Waals surface area contributed by atoms with E-state index in [2.05, 4.69) is 22.2 Å². The Morgan fingerprint density at radius 3 is 2.95 bits per heavy atom. The Morgan fingerprint density at radius 2 is 2.14 bits per heavy atom. The Morgan fingerprint density at radius 1 is 1.32 bits per heavy atom. The second-order valence-electron chi connectivity index (χ2n) is 6.85. The van der Waals surface area contributed by atoms with Crippen LogP contribution in [0.3, 0.4) is 0 Å². The Hall–Kier alpha value is -1.36. The van der Waals surface area contributed by atoms with Gasteiger partial charge in [-0.2, -0.15) is 5.10 Å². The number of hydrogen-bond acceptors (Lipinski definition) is 3. The second-order valence-corrected chi connectivity index (χ2v) is 6.85. The minimum absolute atomic E-state index is 0.246. The first kappa shape index (κ1) is 15.5. The maximum absolute atomic E-state index is 12.6. The Kier molecular flexibility index (Phi) is 5.13. The summed E-state index contributed by atoms with van der Waals surface area (Å²) in [5, 5.41) is 7.57. The lowest BCUT2D eigenvalue weighted by Crippen LogP contribution is -2.52. The molecule has 1 amide bonds. The van der Waals surface area contributed by atoms with Gasteiger partial charge in [0, 0.05) is 31.0 Å². The molecule has 3 unspecified atom stereocenters. The van der Waals surface area contributed by atoms with E-state index in [0.717, 1.165) is 19.0 Å². The number of carbonyl (C=O) groups excluding carboxylic acids is 1. The molecule has 0 aromatic carbocycles. The van der Waals surface area contributed by atoms with Crippen LogP contribution in [0, 0.1) is 5.92 Å². The largest absolute Gasteiger partial charge is 0.338 e. The van der Waals surface area contributed by atoms with E-state index < -0.39 is 0 Å². The summed E-state index contributed by atoms with van der Waals surface area (Å²) in [4.78, 5) is 14.8. The molecule has 1 N–H and O–H groups in total. The van der Waals surface area contributed by atoms with Crippen LogP contribution in [-0.4, -0.2) is 45.8 Å². The zero-order chi connectivity index (χ0) is 15.4. The molecule has 5 heteroatoms. The van der Waals surface area contributed by atoms with E-state index in [1.54, 1.807) is 6.20 Å². The molecule has 5 nitrogen and oxygen atoms in total. The second kappa shape index (κ2) is 7.27. The first-order valence-corrected chi connectivity index (χ1v) is 8.74. The van der Waals surface area contributed by atoms with E-state index in [1.807, 2.05) is 16.9 Å². The summed E-state index contributed by atoms with van der Waals surface area (Å²) < 4.78 is 1.90. The van der Waals surface area contributed by atoms with Crippen molar-refractivity contribution in [1.82, 2.24) is 20.0 Å². The Balaban J connectivity index is 1.48. The monoisotopic (exact) mass is 304 g/mol. The third-order valence-corrected chi connectivity index (χ3v) is 5.19. The average molecular weight is 304 g/mol. The van der Waals surface area contributed by atoms with Crippen LogP contribution in [0.25, 0.3) is 0 Å². The van der Waals surface area contributed by atoms with E-state index in [1.165, 1.54) is 38.5 Å². The van der Waals surface area contributed by atoms with Gasteiger partial charge in [0.25, 0.3) is 0 Å². The topological polar surface area (TPSA) is 50.2 Å². The highest BCUT2D eigenvalue weighted by Gasteiger charge is 2.35. The van der Waals surface area contributed by atoms with E-state index >= 15 is 0 Å². The standard InChI is InChI=1S/C17H28N4O/c1-14(13-20-10-5-9-19-20)18-12-17(22)21-11-4-7-15-6-2-3-8-16(15)21/h5,9-10,14-16,18H,2-4,6-8,11-13H2,1H3. The van der Waals surface area contributed by atoms with Crippen molar-refractivity contribution in [3.8, 4) is 0 Å².